The van der Waals surface area contributed by atoms with Gasteiger partial charge in [0.2, 0.25) is 17.6 Å². The van der Waals surface area contributed by atoms with Gasteiger partial charge in [0.15, 0.2) is 0 Å². The van der Waals surface area contributed by atoms with Crippen molar-refractivity contribution in [3.63, 3.8) is 0 Å². The van der Waals surface area contributed by atoms with E-state index in [1.54, 1.807) is 24.3 Å². The maximum atomic E-state index is 13.0. The Morgan fingerprint density at radius 2 is 1.59 bits per heavy atom. The summed E-state index contributed by atoms with van der Waals surface area (Å²) in [6, 6.07) is 17.6. The molecule has 0 fully saturated rings. The molecule has 1 heterocycles. The third-order valence-electron chi connectivity index (χ3n) is 4.68. The van der Waals surface area contributed by atoms with E-state index in [9.17, 15) is 17.6 Å². The number of nitrogens with one attached hydrogen (secondary N) is 2. The van der Waals surface area contributed by atoms with Crippen LogP contribution in [0.4, 0.5) is 15.8 Å². The van der Waals surface area contributed by atoms with Crippen LogP contribution in [0.5, 0.6) is 0 Å². The number of hydrogen-bond donors (Lipinski definition) is 2. The minimum absolute atomic E-state index is 0.00425. The zero-order valence-electron chi connectivity index (χ0n) is 17.5. The van der Waals surface area contributed by atoms with Crippen molar-refractivity contribution in [2.45, 2.75) is 17.7 Å². The summed E-state index contributed by atoms with van der Waals surface area (Å²) in [6.07, 6.45) is 0.328. The number of amides is 1. The summed E-state index contributed by atoms with van der Waals surface area (Å²) >= 11 is 5.87. The first-order valence-electron chi connectivity index (χ1n) is 10.1. The van der Waals surface area contributed by atoms with E-state index in [0.29, 0.717) is 22.4 Å². The first-order chi connectivity index (χ1) is 16.3. The lowest BCUT2D eigenvalue weighted by Gasteiger charge is -2.09. The van der Waals surface area contributed by atoms with Gasteiger partial charge >= 0.3 is 0 Å². The van der Waals surface area contributed by atoms with Gasteiger partial charge in [0.1, 0.15) is 5.82 Å². The molecule has 0 spiro atoms. The summed E-state index contributed by atoms with van der Waals surface area (Å²) in [5, 5.41) is 7.19. The van der Waals surface area contributed by atoms with Gasteiger partial charge in [-0.25, -0.2) is 12.8 Å². The molecule has 0 unspecified atom stereocenters. The predicted octanol–water partition coefficient (Wildman–Crippen LogP) is 4.90. The monoisotopic (exact) mass is 500 g/mol. The Bertz CT molecular complexity index is 1390. The van der Waals surface area contributed by atoms with E-state index in [1.807, 2.05) is 0 Å². The molecule has 0 saturated heterocycles. The van der Waals surface area contributed by atoms with Gasteiger partial charge in [0, 0.05) is 34.8 Å². The van der Waals surface area contributed by atoms with Crippen LogP contribution in [0.2, 0.25) is 5.02 Å². The van der Waals surface area contributed by atoms with Gasteiger partial charge in [0.05, 0.1) is 4.90 Å². The third-order valence-corrected chi connectivity index (χ3v) is 6.33. The van der Waals surface area contributed by atoms with E-state index in [1.165, 1.54) is 36.4 Å². The van der Waals surface area contributed by atoms with Gasteiger partial charge in [-0.05, 0) is 72.8 Å². The number of halogens is 2. The Labute approximate surface area is 199 Å². The molecular weight excluding hydrogens is 483 g/mol. The quantitative estimate of drug-likeness (QED) is 0.355. The molecule has 4 aromatic rings. The van der Waals surface area contributed by atoms with Crippen molar-refractivity contribution in [1.82, 2.24) is 10.1 Å². The Kier molecular flexibility index (Phi) is 6.90. The van der Waals surface area contributed by atoms with Gasteiger partial charge in [-0.2, -0.15) is 4.98 Å². The molecule has 4 rings (SSSR count). The highest BCUT2D eigenvalue weighted by Crippen LogP contribution is 2.20. The number of carbonyl (C=O) groups is 1. The van der Waals surface area contributed by atoms with Crippen molar-refractivity contribution < 1.29 is 22.1 Å². The van der Waals surface area contributed by atoms with Crippen molar-refractivity contribution in [2.24, 2.45) is 0 Å². The fourth-order valence-electron chi connectivity index (χ4n) is 2.97. The number of rotatable bonds is 8. The van der Waals surface area contributed by atoms with Crippen LogP contribution in [0.3, 0.4) is 0 Å². The average Bonchev–Trinajstić information content (AvgIpc) is 3.29. The number of aromatic nitrogens is 2. The summed E-state index contributed by atoms with van der Waals surface area (Å²) in [5.74, 6) is -0.0538. The molecule has 34 heavy (non-hydrogen) atoms. The van der Waals surface area contributed by atoms with Crippen LogP contribution >= 0.6 is 11.6 Å². The SMILES string of the molecule is O=C(CCc1nc(-c2ccc(Cl)cc2)no1)Nc1ccc(S(=O)(=O)Nc2ccc(F)cc2)cc1. The molecule has 1 amide bonds. The highest BCUT2D eigenvalue weighted by Gasteiger charge is 2.15. The smallest absolute Gasteiger partial charge is 0.261 e. The van der Waals surface area contributed by atoms with Gasteiger partial charge in [-0.3, -0.25) is 9.52 Å². The number of carbonyl (C=O) groups excluding carboxylic acids is 1. The number of sulfonamides is 1. The topological polar surface area (TPSA) is 114 Å². The molecule has 0 aliphatic heterocycles. The molecule has 0 saturated carbocycles. The Morgan fingerprint density at radius 3 is 2.26 bits per heavy atom. The zero-order chi connectivity index (χ0) is 24.1. The van der Waals surface area contributed by atoms with E-state index in [4.69, 9.17) is 16.1 Å². The lowest BCUT2D eigenvalue weighted by molar-refractivity contribution is -0.116. The lowest BCUT2D eigenvalue weighted by atomic mass is 10.2. The summed E-state index contributed by atoms with van der Waals surface area (Å²) in [7, 11) is -3.86. The molecule has 8 nitrogen and oxygen atoms in total. The lowest BCUT2D eigenvalue weighted by Crippen LogP contribution is -2.14. The van der Waals surface area contributed by atoms with Crippen molar-refractivity contribution in [2.75, 3.05) is 10.0 Å². The van der Waals surface area contributed by atoms with E-state index in [0.717, 1.165) is 17.7 Å². The molecule has 0 atom stereocenters. The molecule has 1 aromatic heterocycles. The minimum Gasteiger partial charge on any atom is -0.339 e. The van der Waals surface area contributed by atoms with Crippen LogP contribution < -0.4 is 10.0 Å². The molecular formula is C23H18ClFN4O4S. The molecule has 0 aliphatic carbocycles. The van der Waals surface area contributed by atoms with Gasteiger partial charge in [-0.1, -0.05) is 16.8 Å². The van der Waals surface area contributed by atoms with Crippen LogP contribution in [0.1, 0.15) is 12.3 Å². The normalized spacial score (nSPS) is 11.2. The Balaban J connectivity index is 1.31. The van der Waals surface area contributed by atoms with Crippen LogP contribution in [0, 0.1) is 5.82 Å². The van der Waals surface area contributed by atoms with E-state index in [2.05, 4.69) is 20.2 Å². The molecule has 174 valence electrons. The Morgan fingerprint density at radius 1 is 0.941 bits per heavy atom. The molecule has 11 heteroatoms. The van der Waals surface area contributed by atoms with Crippen LogP contribution in [0.15, 0.2) is 82.2 Å². The second-order valence-corrected chi connectivity index (χ2v) is 9.32. The molecule has 0 aliphatic rings. The van der Waals surface area contributed by atoms with Crippen molar-refractivity contribution >= 4 is 38.9 Å². The van der Waals surface area contributed by atoms with Crippen LogP contribution in [-0.4, -0.2) is 24.5 Å². The van der Waals surface area contributed by atoms with Crippen molar-refractivity contribution in [3.05, 3.63) is 89.5 Å². The number of benzene rings is 3. The average molecular weight is 501 g/mol. The summed E-state index contributed by atoms with van der Waals surface area (Å²) in [5.41, 5.74) is 1.41. The second kappa shape index (κ2) is 10.0. The summed E-state index contributed by atoms with van der Waals surface area (Å²) in [6.45, 7) is 0. The maximum absolute atomic E-state index is 13.0. The summed E-state index contributed by atoms with van der Waals surface area (Å²) < 4.78 is 45.5. The Hall–Kier alpha value is -3.76. The van der Waals surface area contributed by atoms with Gasteiger partial charge in [0.25, 0.3) is 10.0 Å². The summed E-state index contributed by atoms with van der Waals surface area (Å²) in [4.78, 5) is 16.5. The van der Waals surface area contributed by atoms with Gasteiger partial charge < -0.3 is 9.84 Å². The fraction of sp³-hybridized carbons (Fsp3) is 0.0870. The standard InChI is InChI=1S/C23H18ClFN4O4S/c24-16-3-1-15(2-4-16)23-27-22(33-28-23)14-13-21(30)26-18-9-11-20(12-10-18)34(31,32)29-19-7-5-17(25)6-8-19/h1-12,29H,13-14H2,(H,26,30). The van der Waals surface area contributed by atoms with Crippen LogP contribution in [-0.2, 0) is 21.2 Å². The van der Waals surface area contributed by atoms with E-state index >= 15 is 0 Å². The third kappa shape index (κ3) is 5.97. The number of hydrogen-bond acceptors (Lipinski definition) is 6. The molecule has 0 radical (unpaired) electrons. The first-order valence-corrected chi connectivity index (χ1v) is 11.9. The van der Waals surface area contributed by atoms with E-state index < -0.39 is 15.8 Å². The number of nitrogens with zero attached hydrogens (tertiary/aromatic N) is 2. The molecule has 3 aromatic carbocycles. The van der Waals surface area contributed by atoms with Crippen LogP contribution in [0.25, 0.3) is 11.4 Å². The number of anilines is 2. The molecule has 0 bridgehead atoms. The number of aryl methyl sites for hydroxylation is 1. The maximum Gasteiger partial charge on any atom is 0.261 e. The largest absolute Gasteiger partial charge is 0.339 e. The first kappa shape index (κ1) is 23.4. The molecule has 2 N–H and O–H groups in total. The second-order valence-electron chi connectivity index (χ2n) is 7.20. The highest BCUT2D eigenvalue weighted by atomic mass is 35.5. The van der Waals surface area contributed by atoms with Gasteiger partial charge in [-0.15, -0.1) is 0 Å². The highest BCUT2D eigenvalue weighted by molar-refractivity contribution is 7.92. The fourth-order valence-corrected chi connectivity index (χ4v) is 4.15. The van der Waals surface area contributed by atoms with Crippen molar-refractivity contribution in [3.8, 4) is 11.4 Å². The minimum atomic E-state index is -3.86. The van der Waals surface area contributed by atoms with Crippen molar-refractivity contribution in [1.29, 1.82) is 0 Å². The predicted molar refractivity (Wildman–Crippen MR) is 125 cm³/mol. The zero-order valence-corrected chi connectivity index (χ0v) is 19.1. The van der Waals surface area contributed by atoms with E-state index in [-0.39, 0.29) is 29.3 Å².